The van der Waals surface area contributed by atoms with E-state index in [1.165, 1.54) is 19.3 Å². The Morgan fingerprint density at radius 2 is 1.44 bits per heavy atom. The van der Waals surface area contributed by atoms with Crippen molar-refractivity contribution in [1.82, 2.24) is 0 Å². The Balaban J connectivity index is 0.000000457. The molecule has 2 aliphatic rings. The third-order valence-electron chi connectivity index (χ3n) is 6.92. The highest BCUT2D eigenvalue weighted by Crippen LogP contribution is 2.46. The van der Waals surface area contributed by atoms with Gasteiger partial charge in [0.1, 0.15) is 11.7 Å². The molecule has 1 N–H and O–H groups in total. The van der Waals surface area contributed by atoms with Gasteiger partial charge in [-0.15, -0.1) is 0 Å². The van der Waals surface area contributed by atoms with Crippen LogP contribution in [0.5, 0.6) is 0 Å². The Labute approximate surface area is 209 Å². The molecule has 0 amide bonds. The van der Waals surface area contributed by atoms with Crippen LogP contribution in [0.25, 0.3) is 0 Å². The number of halogens is 6. The summed E-state index contributed by atoms with van der Waals surface area (Å²) >= 11 is 0. The molecule has 0 spiro atoms. The summed E-state index contributed by atoms with van der Waals surface area (Å²) in [4.78, 5) is 25.0. The van der Waals surface area contributed by atoms with Crippen molar-refractivity contribution in [3.8, 4) is 0 Å². The average molecular weight is 535 g/mol. The van der Waals surface area contributed by atoms with E-state index in [-0.39, 0.29) is 24.0 Å². The summed E-state index contributed by atoms with van der Waals surface area (Å²) in [6.45, 7) is 11.9. The normalized spacial score (nSPS) is 23.6. The molecule has 0 aliphatic heterocycles. The number of rotatable bonds is 7. The lowest BCUT2D eigenvalue weighted by Gasteiger charge is -2.31. The molecule has 0 aromatic heterocycles. The Kier molecular flexibility index (Phi) is 10.4. The highest BCUT2D eigenvalue weighted by atomic mass is 19.4. The first-order valence-electron chi connectivity index (χ1n) is 12.4. The SMILES string of the molecule is CCC(CC(C)(C)C(=O)OC(C)(C)C)C(=O)OC1CC2CCC1C2.CCC(O)(C(F)(F)F)C(F)(F)F. The van der Waals surface area contributed by atoms with E-state index in [2.05, 4.69) is 0 Å². The van der Waals surface area contributed by atoms with E-state index in [9.17, 15) is 35.9 Å². The summed E-state index contributed by atoms with van der Waals surface area (Å²) in [6, 6.07) is 0. The van der Waals surface area contributed by atoms with Gasteiger partial charge in [-0.3, -0.25) is 9.59 Å². The number of fused-ring (bicyclic) bond motifs is 2. The highest BCUT2D eigenvalue weighted by Gasteiger charge is 2.69. The number of hydrogen-bond donors (Lipinski definition) is 1. The zero-order valence-electron chi connectivity index (χ0n) is 22.1. The second kappa shape index (κ2) is 11.5. The predicted octanol–water partition coefficient (Wildman–Crippen LogP) is 6.75. The minimum atomic E-state index is -5.68. The minimum Gasteiger partial charge on any atom is -0.462 e. The second-order valence-electron chi connectivity index (χ2n) is 11.6. The van der Waals surface area contributed by atoms with Gasteiger partial charge in [0.05, 0.1) is 11.3 Å². The molecule has 0 radical (unpaired) electrons. The van der Waals surface area contributed by atoms with Gasteiger partial charge in [-0.1, -0.05) is 13.8 Å². The zero-order chi connectivity index (χ0) is 28.3. The summed E-state index contributed by atoms with van der Waals surface area (Å²) in [6.07, 6.45) is -6.80. The quantitative estimate of drug-likeness (QED) is 0.289. The van der Waals surface area contributed by atoms with Crippen molar-refractivity contribution in [2.24, 2.45) is 23.2 Å². The van der Waals surface area contributed by atoms with Crippen molar-refractivity contribution in [2.75, 3.05) is 0 Å². The van der Waals surface area contributed by atoms with E-state index >= 15 is 0 Å². The van der Waals surface area contributed by atoms with E-state index in [4.69, 9.17) is 14.6 Å². The monoisotopic (exact) mass is 534 g/mol. The molecule has 2 saturated carbocycles. The number of esters is 2. The largest absolute Gasteiger partial charge is 0.462 e. The molecule has 4 atom stereocenters. The van der Waals surface area contributed by atoms with Gasteiger partial charge in [-0.25, -0.2) is 0 Å². The van der Waals surface area contributed by atoms with Gasteiger partial charge in [0, 0.05) is 0 Å². The van der Waals surface area contributed by atoms with Crippen LogP contribution in [0.15, 0.2) is 0 Å². The van der Waals surface area contributed by atoms with Crippen molar-refractivity contribution < 1.29 is 50.5 Å². The van der Waals surface area contributed by atoms with Crippen LogP contribution < -0.4 is 0 Å². The second-order valence-corrected chi connectivity index (χ2v) is 11.6. The number of carbonyl (C=O) groups is 2. The molecule has 0 aromatic rings. The number of hydrogen-bond acceptors (Lipinski definition) is 5. The Morgan fingerprint density at radius 1 is 0.917 bits per heavy atom. The molecule has 2 bridgehead atoms. The summed E-state index contributed by atoms with van der Waals surface area (Å²) in [7, 11) is 0. The molecule has 0 saturated heterocycles. The summed E-state index contributed by atoms with van der Waals surface area (Å²) in [5.41, 5.74) is -5.79. The molecule has 36 heavy (non-hydrogen) atoms. The van der Waals surface area contributed by atoms with Gasteiger partial charge in [0.15, 0.2) is 0 Å². The van der Waals surface area contributed by atoms with Crippen LogP contribution in [-0.4, -0.2) is 46.7 Å². The van der Waals surface area contributed by atoms with E-state index in [1.54, 1.807) is 0 Å². The van der Waals surface area contributed by atoms with Crippen LogP contribution in [-0.2, 0) is 19.1 Å². The van der Waals surface area contributed by atoms with Crippen molar-refractivity contribution in [3.63, 3.8) is 0 Å². The maximum absolute atomic E-state index is 12.6. The van der Waals surface area contributed by atoms with Crippen molar-refractivity contribution in [2.45, 2.75) is 123 Å². The summed E-state index contributed by atoms with van der Waals surface area (Å²) < 4.78 is 81.1. The highest BCUT2D eigenvalue weighted by molar-refractivity contribution is 5.78. The average Bonchev–Trinajstić information content (AvgIpc) is 3.32. The van der Waals surface area contributed by atoms with Crippen LogP contribution in [0.4, 0.5) is 26.3 Å². The Bertz CT molecular complexity index is 740. The minimum absolute atomic E-state index is 0.106. The standard InChI is InChI=1S/C20H34O4.C5H6F6O/c1-7-14(12-20(5,6)18(22)24-19(2,3)4)17(21)23-16-11-13-8-9-15(16)10-13;1-2-3(12,4(6,7)8)5(9,10)11/h13-16H,7-12H2,1-6H3;12H,2H2,1H3. The summed E-state index contributed by atoms with van der Waals surface area (Å²) in [5, 5.41) is 8.24. The van der Waals surface area contributed by atoms with Crippen LogP contribution in [0.3, 0.4) is 0 Å². The van der Waals surface area contributed by atoms with E-state index < -0.39 is 35.4 Å². The Morgan fingerprint density at radius 3 is 1.75 bits per heavy atom. The molecule has 212 valence electrons. The predicted molar refractivity (Wildman–Crippen MR) is 121 cm³/mol. The number of alkyl halides is 6. The topological polar surface area (TPSA) is 72.8 Å². The first-order valence-corrected chi connectivity index (χ1v) is 12.4. The molecule has 2 rings (SSSR count). The zero-order valence-corrected chi connectivity index (χ0v) is 22.1. The molecular weight excluding hydrogens is 494 g/mol. The van der Waals surface area contributed by atoms with Gasteiger partial charge >= 0.3 is 24.3 Å². The smallest absolute Gasteiger partial charge is 0.426 e. The summed E-state index contributed by atoms with van der Waals surface area (Å²) in [5.74, 6) is 0.695. The van der Waals surface area contributed by atoms with Crippen LogP contribution in [0.1, 0.15) is 93.4 Å². The molecule has 5 nitrogen and oxygen atoms in total. The maximum Gasteiger partial charge on any atom is 0.426 e. The van der Waals surface area contributed by atoms with Gasteiger partial charge in [0.2, 0.25) is 0 Å². The molecule has 0 heterocycles. The maximum atomic E-state index is 12.6. The molecular formula is C25H40F6O5. The van der Waals surface area contributed by atoms with Gasteiger partial charge < -0.3 is 14.6 Å². The van der Waals surface area contributed by atoms with Crippen LogP contribution >= 0.6 is 0 Å². The van der Waals surface area contributed by atoms with Gasteiger partial charge in [0.25, 0.3) is 5.60 Å². The third-order valence-corrected chi connectivity index (χ3v) is 6.92. The molecule has 11 heteroatoms. The van der Waals surface area contributed by atoms with E-state index in [0.29, 0.717) is 25.7 Å². The fourth-order valence-electron chi connectivity index (χ4n) is 4.65. The van der Waals surface area contributed by atoms with Gasteiger partial charge in [-0.05, 0) is 91.4 Å². The fraction of sp³-hybridized carbons (Fsp3) is 0.920. The Hall–Kier alpha value is -1.52. The van der Waals surface area contributed by atoms with Crippen molar-refractivity contribution >= 4 is 11.9 Å². The molecule has 4 unspecified atom stereocenters. The molecule has 0 aromatic carbocycles. The lowest BCUT2D eigenvalue weighted by Crippen LogP contribution is -2.56. The first-order chi connectivity index (χ1) is 16.1. The third kappa shape index (κ3) is 8.25. The van der Waals surface area contributed by atoms with Crippen molar-refractivity contribution in [3.05, 3.63) is 0 Å². The van der Waals surface area contributed by atoms with E-state index in [0.717, 1.165) is 12.3 Å². The number of aliphatic hydroxyl groups is 1. The number of ether oxygens (including phenoxy) is 2. The fourth-order valence-corrected chi connectivity index (χ4v) is 4.65. The molecule has 2 fully saturated rings. The van der Waals surface area contributed by atoms with E-state index in [1.807, 2.05) is 41.5 Å². The van der Waals surface area contributed by atoms with Gasteiger partial charge in [-0.2, -0.15) is 26.3 Å². The lowest BCUT2D eigenvalue weighted by molar-refractivity contribution is -0.368. The van der Waals surface area contributed by atoms with Crippen LogP contribution in [0, 0.1) is 23.2 Å². The van der Waals surface area contributed by atoms with Crippen molar-refractivity contribution in [1.29, 1.82) is 0 Å². The lowest BCUT2D eigenvalue weighted by atomic mass is 9.81. The van der Waals surface area contributed by atoms with Crippen LogP contribution in [0.2, 0.25) is 0 Å². The first kappa shape index (κ1) is 32.5. The number of carbonyl (C=O) groups excluding carboxylic acids is 2. The molecule has 2 aliphatic carbocycles.